The zero-order chi connectivity index (χ0) is 11.0. The molecular formula is C5H3F6N3. The molecule has 0 N–H and O–H groups in total. The van der Waals surface area contributed by atoms with Gasteiger partial charge in [-0.1, -0.05) is 5.21 Å². The molecule has 1 heterocycles. The first-order valence-corrected chi connectivity index (χ1v) is 3.21. The molecule has 0 aromatic carbocycles. The Balaban J connectivity index is 2.96. The van der Waals surface area contributed by atoms with Gasteiger partial charge in [-0.15, -0.1) is 5.10 Å². The number of hydrogen-bond acceptors (Lipinski definition) is 2. The lowest BCUT2D eigenvalue weighted by Gasteiger charge is -2.21. The fourth-order valence-corrected chi connectivity index (χ4v) is 0.680. The summed E-state index contributed by atoms with van der Waals surface area (Å²) < 4.78 is 72.0. The Morgan fingerprint density at radius 3 is 2.07 bits per heavy atom. The van der Waals surface area contributed by atoms with Crippen LogP contribution in [-0.4, -0.2) is 27.3 Å². The summed E-state index contributed by atoms with van der Waals surface area (Å²) in [7, 11) is 0. The fraction of sp³-hybridized carbons (Fsp3) is 0.600. The van der Waals surface area contributed by atoms with Crippen molar-refractivity contribution in [1.29, 1.82) is 0 Å². The van der Waals surface area contributed by atoms with Gasteiger partial charge in [-0.25, -0.2) is 4.39 Å². The Kier molecular flexibility index (Phi) is 2.42. The monoisotopic (exact) mass is 219 g/mol. The summed E-state index contributed by atoms with van der Waals surface area (Å²) in [6, 6.07) is -4.78. The van der Waals surface area contributed by atoms with Gasteiger partial charge in [0.1, 0.15) is 0 Å². The quantitative estimate of drug-likeness (QED) is 0.709. The van der Waals surface area contributed by atoms with Crippen molar-refractivity contribution in [3.05, 3.63) is 12.4 Å². The molecule has 1 atom stereocenters. The number of rotatable bonds is 2. The predicted molar refractivity (Wildman–Crippen MR) is 31.2 cm³/mol. The molecule has 0 aliphatic heterocycles. The minimum atomic E-state index is -5.64. The van der Waals surface area contributed by atoms with Crippen LogP contribution in [0.2, 0.25) is 0 Å². The van der Waals surface area contributed by atoms with Gasteiger partial charge in [0, 0.05) is 0 Å². The van der Waals surface area contributed by atoms with E-state index >= 15 is 0 Å². The van der Waals surface area contributed by atoms with Gasteiger partial charge in [-0.2, -0.15) is 26.6 Å². The van der Waals surface area contributed by atoms with E-state index in [0.29, 0.717) is 6.20 Å². The summed E-state index contributed by atoms with van der Waals surface area (Å²) in [6.07, 6.45) is -8.79. The first-order valence-electron chi connectivity index (χ1n) is 3.21. The second-order valence-corrected chi connectivity index (χ2v) is 2.34. The average molecular weight is 219 g/mol. The van der Waals surface area contributed by atoms with Gasteiger partial charge in [0.2, 0.25) is 0 Å². The van der Waals surface area contributed by atoms with Crippen LogP contribution in [0.4, 0.5) is 26.3 Å². The van der Waals surface area contributed by atoms with Gasteiger partial charge >= 0.3 is 12.2 Å². The standard InChI is InChI=1S/C5H3F6N3/c6-3(4(7,8)9)5(10,11)14-2-1-12-13-14/h1-3H. The molecule has 0 amide bonds. The molecule has 0 fully saturated rings. The fourth-order valence-electron chi connectivity index (χ4n) is 0.680. The molecule has 0 radical (unpaired) electrons. The third-order valence-electron chi connectivity index (χ3n) is 1.32. The van der Waals surface area contributed by atoms with Crippen molar-refractivity contribution in [2.24, 2.45) is 0 Å². The largest absolute Gasteiger partial charge is 0.427 e. The maximum atomic E-state index is 12.6. The molecule has 0 spiro atoms. The number of alkyl halides is 6. The highest BCUT2D eigenvalue weighted by Gasteiger charge is 2.58. The molecule has 0 bridgehead atoms. The van der Waals surface area contributed by atoms with Gasteiger partial charge in [0.15, 0.2) is 0 Å². The topological polar surface area (TPSA) is 30.7 Å². The van der Waals surface area contributed by atoms with Gasteiger partial charge in [0.05, 0.1) is 12.4 Å². The van der Waals surface area contributed by atoms with Crippen LogP contribution in [0.3, 0.4) is 0 Å². The average Bonchev–Trinajstić information content (AvgIpc) is 2.53. The van der Waals surface area contributed by atoms with Crippen LogP contribution in [0.15, 0.2) is 12.4 Å². The maximum absolute atomic E-state index is 12.6. The Morgan fingerprint density at radius 1 is 1.14 bits per heavy atom. The zero-order valence-electron chi connectivity index (χ0n) is 6.34. The van der Waals surface area contributed by atoms with E-state index in [9.17, 15) is 26.3 Å². The first kappa shape index (κ1) is 10.8. The van der Waals surface area contributed by atoms with Crippen molar-refractivity contribution in [3.8, 4) is 0 Å². The molecule has 0 aliphatic carbocycles. The van der Waals surface area contributed by atoms with Crippen LogP contribution in [0, 0.1) is 0 Å². The van der Waals surface area contributed by atoms with E-state index in [0.717, 1.165) is 6.20 Å². The summed E-state index contributed by atoms with van der Waals surface area (Å²) >= 11 is 0. The normalized spacial score (nSPS) is 15.6. The lowest BCUT2D eigenvalue weighted by Crippen LogP contribution is -2.44. The lowest BCUT2D eigenvalue weighted by atomic mass is 10.3. The van der Waals surface area contributed by atoms with Crippen molar-refractivity contribution in [3.63, 3.8) is 0 Å². The minimum Gasteiger partial charge on any atom is -0.228 e. The summed E-state index contributed by atoms with van der Waals surface area (Å²) in [5, 5.41) is 5.45. The molecule has 3 nitrogen and oxygen atoms in total. The molecule has 14 heavy (non-hydrogen) atoms. The molecule has 0 saturated heterocycles. The van der Waals surface area contributed by atoms with Gasteiger partial charge in [-0.3, -0.25) is 0 Å². The molecule has 1 rings (SSSR count). The summed E-state index contributed by atoms with van der Waals surface area (Å²) in [4.78, 5) is 0. The number of halogens is 6. The molecule has 9 heteroatoms. The predicted octanol–water partition coefficient (Wildman–Crippen LogP) is 1.73. The number of hydrogen-bond donors (Lipinski definition) is 0. The van der Waals surface area contributed by atoms with E-state index < -0.39 is 23.1 Å². The zero-order valence-corrected chi connectivity index (χ0v) is 6.34. The van der Waals surface area contributed by atoms with Gasteiger partial charge in [0.25, 0.3) is 6.17 Å². The van der Waals surface area contributed by atoms with Gasteiger partial charge < -0.3 is 0 Å². The number of nitrogens with zero attached hydrogens (tertiary/aromatic N) is 3. The van der Waals surface area contributed by atoms with Crippen molar-refractivity contribution in [1.82, 2.24) is 15.0 Å². The Morgan fingerprint density at radius 2 is 1.71 bits per heavy atom. The van der Waals surface area contributed by atoms with Crippen LogP contribution < -0.4 is 0 Å². The molecule has 1 aromatic heterocycles. The molecule has 0 aliphatic rings. The third-order valence-corrected chi connectivity index (χ3v) is 1.32. The van der Waals surface area contributed by atoms with Crippen LogP contribution in [0.1, 0.15) is 0 Å². The van der Waals surface area contributed by atoms with Crippen LogP contribution in [-0.2, 0) is 6.05 Å². The summed E-state index contributed by atoms with van der Waals surface area (Å²) in [5.74, 6) is 0. The van der Waals surface area contributed by atoms with E-state index in [-0.39, 0.29) is 0 Å². The highest BCUT2D eigenvalue weighted by molar-refractivity contribution is 4.81. The van der Waals surface area contributed by atoms with E-state index in [1.807, 2.05) is 0 Å². The molecule has 80 valence electrons. The second kappa shape index (κ2) is 3.14. The van der Waals surface area contributed by atoms with E-state index in [2.05, 4.69) is 10.3 Å². The van der Waals surface area contributed by atoms with Crippen molar-refractivity contribution >= 4 is 0 Å². The van der Waals surface area contributed by atoms with Crippen LogP contribution in [0.25, 0.3) is 0 Å². The Labute approximate surface area is 73.3 Å². The summed E-state index contributed by atoms with van der Waals surface area (Å²) in [5.41, 5.74) is 0. The Bertz CT molecular complexity index is 291. The Hall–Kier alpha value is -1.28. The maximum Gasteiger partial charge on any atom is 0.427 e. The van der Waals surface area contributed by atoms with E-state index in [1.165, 1.54) is 0 Å². The smallest absolute Gasteiger partial charge is 0.228 e. The van der Waals surface area contributed by atoms with Crippen LogP contribution >= 0.6 is 0 Å². The molecule has 0 saturated carbocycles. The van der Waals surface area contributed by atoms with Crippen molar-refractivity contribution in [2.75, 3.05) is 0 Å². The van der Waals surface area contributed by atoms with Gasteiger partial charge in [-0.05, 0) is 0 Å². The molecular weight excluding hydrogens is 216 g/mol. The van der Waals surface area contributed by atoms with Crippen molar-refractivity contribution in [2.45, 2.75) is 18.4 Å². The third kappa shape index (κ3) is 1.80. The lowest BCUT2D eigenvalue weighted by molar-refractivity contribution is -0.276. The highest BCUT2D eigenvalue weighted by atomic mass is 19.4. The minimum absolute atomic E-state index is 0.443. The van der Waals surface area contributed by atoms with E-state index in [1.54, 1.807) is 0 Å². The van der Waals surface area contributed by atoms with Crippen LogP contribution in [0.5, 0.6) is 0 Å². The molecule has 1 aromatic rings. The highest BCUT2D eigenvalue weighted by Crippen LogP contribution is 2.37. The second-order valence-electron chi connectivity index (χ2n) is 2.34. The SMILES string of the molecule is FC(C(F)(F)F)C(F)(F)n1ccnn1. The molecule has 1 unspecified atom stereocenters. The summed E-state index contributed by atoms with van der Waals surface area (Å²) in [6.45, 7) is 0. The number of aromatic nitrogens is 3. The van der Waals surface area contributed by atoms with Crippen molar-refractivity contribution < 1.29 is 26.3 Å². The first-order chi connectivity index (χ1) is 6.26. The van der Waals surface area contributed by atoms with E-state index in [4.69, 9.17) is 0 Å².